The molecule has 4 aromatic rings. The molecular weight excluding hydrogens is 544 g/mol. The normalized spacial score (nSPS) is 16.2. The molecule has 2 aromatic carbocycles. The SMILES string of the molecule is [C-]#[N+]/C(C#N)=C1C=C(/C=C/c2cc3c(o2)-c2ncc(N(c4ccccc4)c4ccccc4)cc2C3(C)C)OC(C(C)(C)C)=C\1. The Morgan fingerprint density at radius 1 is 0.932 bits per heavy atom. The quantitative estimate of drug-likeness (QED) is 0.175. The summed E-state index contributed by atoms with van der Waals surface area (Å²) < 4.78 is 12.5. The molecule has 0 saturated heterocycles. The lowest BCUT2D eigenvalue weighted by atomic mass is 9.83. The highest BCUT2D eigenvalue weighted by Gasteiger charge is 2.40. The Hall–Kier alpha value is -5.59. The average Bonchev–Trinajstić information content (AvgIpc) is 3.54. The second-order valence-electron chi connectivity index (χ2n) is 12.4. The van der Waals surface area contributed by atoms with Crippen LogP contribution in [0.15, 0.2) is 124 Å². The monoisotopic (exact) mass is 576 g/mol. The van der Waals surface area contributed by atoms with Crippen LogP contribution in [0.3, 0.4) is 0 Å². The highest BCUT2D eigenvalue weighted by Crippen LogP contribution is 2.51. The van der Waals surface area contributed by atoms with Crippen molar-refractivity contribution in [2.45, 2.75) is 40.0 Å². The average molecular weight is 577 g/mol. The number of anilines is 3. The van der Waals surface area contributed by atoms with E-state index in [-0.39, 0.29) is 16.5 Å². The number of hydrogen-bond acceptors (Lipinski definition) is 5. The molecule has 0 fully saturated rings. The Morgan fingerprint density at radius 2 is 1.59 bits per heavy atom. The molecule has 2 aliphatic rings. The second-order valence-corrected chi connectivity index (χ2v) is 12.4. The van der Waals surface area contributed by atoms with E-state index in [1.807, 2.05) is 81.6 Å². The van der Waals surface area contributed by atoms with Crippen LogP contribution >= 0.6 is 0 Å². The van der Waals surface area contributed by atoms with E-state index in [0.29, 0.717) is 22.9 Å². The van der Waals surface area contributed by atoms with Gasteiger partial charge in [0.05, 0.1) is 24.5 Å². The van der Waals surface area contributed by atoms with Crippen molar-refractivity contribution in [3.63, 3.8) is 0 Å². The first-order valence-electron chi connectivity index (χ1n) is 14.5. The molecule has 6 rings (SSSR count). The van der Waals surface area contributed by atoms with E-state index in [0.717, 1.165) is 39.6 Å². The number of benzene rings is 2. The summed E-state index contributed by atoms with van der Waals surface area (Å²) in [5.41, 5.74) is 6.02. The van der Waals surface area contributed by atoms with Gasteiger partial charge < -0.3 is 14.1 Å². The number of hydrogen-bond donors (Lipinski definition) is 0. The maximum Gasteiger partial charge on any atom is 0.269 e. The summed E-state index contributed by atoms with van der Waals surface area (Å²) in [6.45, 7) is 17.9. The zero-order valence-electron chi connectivity index (χ0n) is 25.4. The Bertz CT molecular complexity index is 1900. The topological polar surface area (TPSA) is 66.7 Å². The van der Waals surface area contributed by atoms with Crippen LogP contribution in [0.4, 0.5) is 17.1 Å². The maximum atomic E-state index is 9.46. The minimum Gasteiger partial charge on any atom is -0.461 e. The lowest BCUT2D eigenvalue weighted by molar-refractivity contribution is 0.223. The van der Waals surface area contributed by atoms with Crippen molar-refractivity contribution in [1.29, 1.82) is 5.26 Å². The molecule has 44 heavy (non-hydrogen) atoms. The van der Waals surface area contributed by atoms with Gasteiger partial charge in [0.1, 0.15) is 23.0 Å². The van der Waals surface area contributed by atoms with Crippen molar-refractivity contribution in [3.05, 3.63) is 148 Å². The molecule has 0 unspecified atom stereocenters. The first-order chi connectivity index (χ1) is 21.1. The number of rotatable bonds is 5. The van der Waals surface area contributed by atoms with E-state index in [9.17, 15) is 5.26 Å². The molecular formula is C38H32N4O2. The van der Waals surface area contributed by atoms with Crippen LogP contribution in [0.1, 0.15) is 51.5 Å². The van der Waals surface area contributed by atoms with Gasteiger partial charge in [-0.05, 0) is 71.8 Å². The number of ether oxygens (including phenoxy) is 1. The Morgan fingerprint density at radius 3 is 2.18 bits per heavy atom. The van der Waals surface area contributed by atoms with Gasteiger partial charge in [0.15, 0.2) is 5.76 Å². The van der Waals surface area contributed by atoms with Crippen molar-refractivity contribution < 1.29 is 9.15 Å². The van der Waals surface area contributed by atoms with Crippen LogP contribution in [-0.4, -0.2) is 4.98 Å². The molecule has 6 heteroatoms. The van der Waals surface area contributed by atoms with Gasteiger partial charge >= 0.3 is 0 Å². The van der Waals surface area contributed by atoms with Gasteiger partial charge in [0.2, 0.25) is 0 Å². The molecule has 0 amide bonds. The van der Waals surface area contributed by atoms with E-state index in [2.05, 4.69) is 60.0 Å². The third kappa shape index (κ3) is 5.12. The molecule has 2 aromatic heterocycles. The summed E-state index contributed by atoms with van der Waals surface area (Å²) in [6, 6.07) is 26.9. The zero-order valence-corrected chi connectivity index (χ0v) is 25.4. The fraction of sp³-hybridized carbons (Fsp3) is 0.184. The molecule has 0 saturated carbocycles. The largest absolute Gasteiger partial charge is 0.461 e. The standard InChI is InChI=1S/C38H32N4O2/c1-37(2,3)34-20-25(33(23-39)40-6)19-29(43-34)17-18-30-22-32-36(44-30)35-31(38(32,4)5)21-28(24-41-35)42(26-13-9-7-10-14-26)27-15-11-8-12-16-27/h7-22,24H,1-5H3/b18-17+,33-25+. The number of nitriles is 1. The predicted molar refractivity (Wildman–Crippen MR) is 174 cm³/mol. The van der Waals surface area contributed by atoms with Gasteiger partial charge in [-0.25, -0.2) is 10.1 Å². The van der Waals surface area contributed by atoms with Crippen LogP contribution < -0.4 is 4.90 Å². The lowest BCUT2D eigenvalue weighted by Crippen LogP contribution is -2.16. The molecule has 6 nitrogen and oxygen atoms in total. The van der Waals surface area contributed by atoms with Crippen molar-refractivity contribution in [1.82, 2.24) is 4.98 Å². The van der Waals surface area contributed by atoms with E-state index in [4.69, 9.17) is 20.7 Å². The maximum absolute atomic E-state index is 9.46. The number of fused-ring (bicyclic) bond motifs is 3. The zero-order chi connectivity index (χ0) is 31.1. The van der Waals surface area contributed by atoms with Gasteiger partial charge in [-0.1, -0.05) is 71.0 Å². The van der Waals surface area contributed by atoms with Gasteiger partial charge in [-0.15, -0.1) is 0 Å². The van der Waals surface area contributed by atoms with Crippen molar-refractivity contribution >= 4 is 23.1 Å². The van der Waals surface area contributed by atoms with Crippen molar-refractivity contribution in [2.75, 3.05) is 4.90 Å². The summed E-state index contributed by atoms with van der Waals surface area (Å²) in [4.78, 5) is 10.6. The second kappa shape index (κ2) is 10.9. The summed E-state index contributed by atoms with van der Waals surface area (Å²) in [7, 11) is 0. The highest BCUT2D eigenvalue weighted by molar-refractivity contribution is 5.81. The fourth-order valence-corrected chi connectivity index (χ4v) is 5.54. The third-order valence-electron chi connectivity index (χ3n) is 7.93. The van der Waals surface area contributed by atoms with Crippen molar-refractivity contribution in [3.8, 4) is 17.5 Å². The van der Waals surface area contributed by atoms with E-state index in [1.165, 1.54) is 0 Å². The van der Waals surface area contributed by atoms with Crippen LogP contribution in [0.25, 0.3) is 22.4 Å². The van der Waals surface area contributed by atoms with Gasteiger partial charge in [0, 0.05) is 27.8 Å². The first kappa shape index (κ1) is 28.5. The number of pyridine rings is 1. The van der Waals surface area contributed by atoms with E-state index >= 15 is 0 Å². The minimum absolute atomic E-state index is 0.0276. The number of allylic oxidation sites excluding steroid dienone is 6. The number of aromatic nitrogens is 1. The molecule has 0 spiro atoms. The van der Waals surface area contributed by atoms with Crippen LogP contribution in [0.5, 0.6) is 0 Å². The predicted octanol–water partition coefficient (Wildman–Crippen LogP) is 10.0. The molecule has 216 valence electrons. The lowest BCUT2D eigenvalue weighted by Gasteiger charge is -2.27. The summed E-state index contributed by atoms with van der Waals surface area (Å²) in [5.74, 6) is 2.64. The molecule has 0 bridgehead atoms. The Balaban J connectivity index is 1.35. The minimum atomic E-state index is -0.335. The number of furan rings is 1. The van der Waals surface area contributed by atoms with E-state index < -0.39 is 0 Å². The molecule has 0 N–H and O–H groups in total. The molecule has 3 heterocycles. The van der Waals surface area contributed by atoms with Gasteiger partial charge in [-0.3, -0.25) is 4.98 Å². The molecule has 1 aliphatic carbocycles. The smallest absolute Gasteiger partial charge is 0.269 e. The van der Waals surface area contributed by atoms with Crippen LogP contribution in [0.2, 0.25) is 0 Å². The van der Waals surface area contributed by atoms with Crippen LogP contribution in [-0.2, 0) is 10.2 Å². The molecule has 1 aliphatic heterocycles. The summed E-state index contributed by atoms with van der Waals surface area (Å²) in [5, 5.41) is 9.46. The third-order valence-corrected chi connectivity index (χ3v) is 7.93. The number of nitrogens with zero attached hydrogens (tertiary/aromatic N) is 4. The van der Waals surface area contributed by atoms with Gasteiger partial charge in [-0.2, -0.15) is 0 Å². The Kier molecular flexibility index (Phi) is 7.08. The van der Waals surface area contributed by atoms with Gasteiger partial charge in [0.25, 0.3) is 5.70 Å². The molecule has 0 atom stereocenters. The first-order valence-corrected chi connectivity index (χ1v) is 14.5. The van der Waals surface area contributed by atoms with E-state index in [1.54, 1.807) is 12.2 Å². The van der Waals surface area contributed by atoms with Crippen molar-refractivity contribution in [2.24, 2.45) is 5.41 Å². The molecule has 0 radical (unpaired) electrons. The Labute approximate surface area is 258 Å². The number of para-hydroxylation sites is 2. The summed E-state index contributed by atoms with van der Waals surface area (Å²) in [6.07, 6.45) is 9.06. The highest BCUT2D eigenvalue weighted by atomic mass is 16.5. The van der Waals surface area contributed by atoms with Crippen LogP contribution in [0, 0.1) is 23.3 Å². The summed E-state index contributed by atoms with van der Waals surface area (Å²) >= 11 is 0. The fourth-order valence-electron chi connectivity index (χ4n) is 5.54.